The third-order valence-electron chi connectivity index (χ3n) is 3.98. The van der Waals surface area contributed by atoms with Crippen molar-refractivity contribution in [3.8, 4) is 0 Å². The molecule has 0 saturated carbocycles. The molecule has 0 spiro atoms. The maximum atomic E-state index is 12.9. The Balaban J connectivity index is 2.03. The standard InChI is InChI=1S/C17H15NO5Se/c19-15-13(24-10-5-2-1-3-6-10)8-4-7-12-14(15)11(16(20)21)9-18(12)17(22)23/h1-3,5-6,9,13H,4,7-8H2,(H,20,21)(H,22,23). The number of hydrogen-bond donors (Lipinski definition) is 2. The number of aromatic carboxylic acids is 1. The van der Waals surface area contributed by atoms with Crippen LogP contribution in [0.3, 0.4) is 0 Å². The zero-order valence-corrected chi connectivity index (χ0v) is 14.4. The summed E-state index contributed by atoms with van der Waals surface area (Å²) in [6, 6.07) is 9.64. The van der Waals surface area contributed by atoms with Gasteiger partial charge in [0.2, 0.25) is 0 Å². The number of carboxylic acids is 1. The average molecular weight is 392 g/mol. The molecule has 1 unspecified atom stereocenters. The first-order valence-electron chi connectivity index (χ1n) is 7.45. The van der Waals surface area contributed by atoms with Gasteiger partial charge in [-0.05, 0) is 0 Å². The van der Waals surface area contributed by atoms with Crippen LogP contribution in [-0.4, -0.2) is 47.6 Å². The Bertz CT molecular complexity index is 812. The molecule has 1 aliphatic carbocycles. The fraction of sp³-hybridized carbons (Fsp3) is 0.235. The molecule has 0 bridgehead atoms. The van der Waals surface area contributed by atoms with Crippen molar-refractivity contribution in [1.29, 1.82) is 0 Å². The van der Waals surface area contributed by atoms with E-state index >= 15 is 0 Å². The summed E-state index contributed by atoms with van der Waals surface area (Å²) in [5, 5.41) is 18.6. The second-order valence-electron chi connectivity index (χ2n) is 5.50. The normalized spacial score (nSPS) is 17.2. The van der Waals surface area contributed by atoms with Crippen LogP contribution >= 0.6 is 0 Å². The van der Waals surface area contributed by atoms with Crippen LogP contribution in [0.1, 0.15) is 39.3 Å². The fourth-order valence-corrected chi connectivity index (χ4v) is 5.34. The molecule has 6 nitrogen and oxygen atoms in total. The van der Waals surface area contributed by atoms with Gasteiger partial charge in [-0.3, -0.25) is 0 Å². The molecule has 124 valence electrons. The van der Waals surface area contributed by atoms with Gasteiger partial charge in [0.25, 0.3) is 0 Å². The Kier molecular flexibility index (Phi) is 4.55. The molecule has 1 aromatic heterocycles. The Morgan fingerprint density at radius 1 is 1.17 bits per heavy atom. The number of hydrogen-bond acceptors (Lipinski definition) is 3. The minimum atomic E-state index is -1.27. The van der Waals surface area contributed by atoms with Crippen molar-refractivity contribution in [3.63, 3.8) is 0 Å². The van der Waals surface area contributed by atoms with Crippen molar-refractivity contribution in [2.75, 3.05) is 0 Å². The number of carbonyl (C=O) groups is 3. The van der Waals surface area contributed by atoms with E-state index in [0.717, 1.165) is 15.2 Å². The number of benzene rings is 1. The van der Waals surface area contributed by atoms with Gasteiger partial charge >= 0.3 is 144 Å². The monoisotopic (exact) mass is 393 g/mol. The number of ketones is 1. The summed E-state index contributed by atoms with van der Waals surface area (Å²) in [5.74, 6) is -1.52. The van der Waals surface area contributed by atoms with Crippen molar-refractivity contribution >= 4 is 37.3 Å². The van der Waals surface area contributed by atoms with Gasteiger partial charge in [0, 0.05) is 0 Å². The molecular weight excluding hydrogens is 377 g/mol. The molecule has 0 saturated heterocycles. The summed E-state index contributed by atoms with van der Waals surface area (Å²) in [6.07, 6.45) is 1.47. The summed E-state index contributed by atoms with van der Waals surface area (Å²) < 4.78 is 1.95. The van der Waals surface area contributed by atoms with Gasteiger partial charge < -0.3 is 0 Å². The first-order chi connectivity index (χ1) is 11.5. The molecule has 1 heterocycles. The third-order valence-corrected chi connectivity index (χ3v) is 6.67. The van der Waals surface area contributed by atoms with E-state index in [1.165, 1.54) is 0 Å². The zero-order valence-electron chi connectivity index (χ0n) is 12.6. The summed E-state index contributed by atoms with van der Waals surface area (Å²) in [4.78, 5) is 35.5. The Labute approximate surface area is 144 Å². The number of nitrogens with zero attached hydrogens (tertiary/aromatic N) is 1. The molecular formula is C17H15NO5Se. The van der Waals surface area contributed by atoms with Crippen LogP contribution in [0, 0.1) is 0 Å². The van der Waals surface area contributed by atoms with E-state index in [2.05, 4.69) is 0 Å². The van der Waals surface area contributed by atoms with Crippen LogP contribution < -0.4 is 4.46 Å². The van der Waals surface area contributed by atoms with Gasteiger partial charge in [-0.1, -0.05) is 0 Å². The molecule has 0 fully saturated rings. The van der Waals surface area contributed by atoms with Crippen LogP contribution in [0.5, 0.6) is 0 Å². The number of rotatable bonds is 3. The van der Waals surface area contributed by atoms with Crippen molar-refractivity contribution < 1.29 is 24.6 Å². The van der Waals surface area contributed by atoms with E-state index < -0.39 is 12.1 Å². The summed E-state index contributed by atoms with van der Waals surface area (Å²) in [5.41, 5.74) is 0.162. The van der Waals surface area contributed by atoms with Gasteiger partial charge in [-0.2, -0.15) is 0 Å². The SMILES string of the molecule is O=C(O)c1cn(C(=O)O)c2c1C(=O)C([Se]c1ccccc1)CCC2. The fourth-order valence-electron chi connectivity index (χ4n) is 2.92. The minimum absolute atomic E-state index is 0.0743. The van der Waals surface area contributed by atoms with Crippen LogP contribution in [0.2, 0.25) is 4.82 Å². The van der Waals surface area contributed by atoms with E-state index in [9.17, 15) is 24.6 Å². The van der Waals surface area contributed by atoms with Gasteiger partial charge in [-0.25, -0.2) is 0 Å². The molecule has 2 N–H and O–H groups in total. The van der Waals surface area contributed by atoms with Gasteiger partial charge in [0.05, 0.1) is 0 Å². The van der Waals surface area contributed by atoms with Crippen LogP contribution in [0.25, 0.3) is 0 Å². The summed E-state index contributed by atoms with van der Waals surface area (Å²) in [6.45, 7) is 0. The quantitative estimate of drug-likeness (QED) is 0.616. The van der Waals surface area contributed by atoms with Gasteiger partial charge in [0.15, 0.2) is 0 Å². The van der Waals surface area contributed by atoms with Crippen molar-refractivity contribution in [2.45, 2.75) is 24.1 Å². The topological polar surface area (TPSA) is 96.6 Å². The molecule has 0 aliphatic heterocycles. The second kappa shape index (κ2) is 6.63. The molecule has 3 rings (SSSR count). The number of fused-ring (bicyclic) bond motifs is 1. The third kappa shape index (κ3) is 3.00. The number of carbonyl (C=O) groups excluding carboxylic acids is 1. The Morgan fingerprint density at radius 3 is 2.50 bits per heavy atom. The molecule has 24 heavy (non-hydrogen) atoms. The van der Waals surface area contributed by atoms with E-state index in [1.54, 1.807) is 0 Å². The van der Waals surface area contributed by atoms with E-state index in [-0.39, 0.29) is 36.7 Å². The second-order valence-corrected chi connectivity index (χ2v) is 8.18. The van der Waals surface area contributed by atoms with Crippen molar-refractivity contribution in [3.05, 3.63) is 53.3 Å². The molecule has 1 aliphatic rings. The van der Waals surface area contributed by atoms with E-state index in [4.69, 9.17) is 0 Å². The van der Waals surface area contributed by atoms with Crippen molar-refractivity contribution in [2.24, 2.45) is 0 Å². The first kappa shape index (κ1) is 16.5. The molecule has 1 atom stereocenters. The molecule has 1 aromatic carbocycles. The Hall–Kier alpha value is -2.37. The summed E-state index contributed by atoms with van der Waals surface area (Å²) in [7, 11) is 0. The molecule has 7 heteroatoms. The van der Waals surface area contributed by atoms with Crippen LogP contribution in [0.15, 0.2) is 36.5 Å². The zero-order chi connectivity index (χ0) is 17.3. The molecule has 2 aromatic rings. The van der Waals surface area contributed by atoms with E-state index in [1.807, 2.05) is 30.3 Å². The summed E-state index contributed by atoms with van der Waals surface area (Å²) >= 11 is -0.124. The Morgan fingerprint density at radius 2 is 1.88 bits per heavy atom. The average Bonchev–Trinajstić information content (AvgIpc) is 2.87. The predicted molar refractivity (Wildman–Crippen MR) is 87.7 cm³/mol. The number of Topliss-reactive ketones (excluding diaryl/α,β-unsaturated/α-hetero) is 1. The molecule has 0 amide bonds. The van der Waals surface area contributed by atoms with Crippen LogP contribution in [-0.2, 0) is 6.42 Å². The van der Waals surface area contributed by atoms with Gasteiger partial charge in [-0.15, -0.1) is 0 Å². The van der Waals surface area contributed by atoms with Crippen molar-refractivity contribution in [1.82, 2.24) is 4.57 Å². The predicted octanol–water partition coefficient (Wildman–Crippen LogP) is 2.05. The van der Waals surface area contributed by atoms with E-state index in [0.29, 0.717) is 25.0 Å². The number of aromatic nitrogens is 1. The van der Waals surface area contributed by atoms with Gasteiger partial charge in [0.1, 0.15) is 0 Å². The molecule has 0 radical (unpaired) electrons. The first-order valence-corrected chi connectivity index (χ1v) is 9.30. The van der Waals surface area contributed by atoms with Crippen LogP contribution in [0.4, 0.5) is 4.79 Å². The number of carboxylic acid groups (broad SMARTS) is 2. The maximum absolute atomic E-state index is 12.9.